The predicted octanol–water partition coefficient (Wildman–Crippen LogP) is 3.45. The molecule has 3 aromatic rings. The van der Waals surface area contributed by atoms with E-state index in [1.54, 1.807) is 0 Å². The van der Waals surface area contributed by atoms with Crippen LogP contribution in [-0.4, -0.2) is 56.5 Å². The van der Waals surface area contributed by atoms with Gasteiger partial charge in [0.1, 0.15) is 11.9 Å². The van der Waals surface area contributed by atoms with Gasteiger partial charge in [-0.15, -0.1) is 0 Å². The summed E-state index contributed by atoms with van der Waals surface area (Å²) in [6.45, 7) is 7.14. The third kappa shape index (κ3) is 3.58. The third-order valence-corrected chi connectivity index (χ3v) is 6.34. The lowest BCUT2D eigenvalue weighted by atomic mass is 10.1. The van der Waals surface area contributed by atoms with E-state index in [9.17, 15) is 9.90 Å². The number of Topliss-reactive ketones (excluding diaryl/α,β-unsaturated/α-hetero) is 1. The predicted molar refractivity (Wildman–Crippen MR) is 120 cm³/mol. The average molecular weight is 437 g/mol. The van der Waals surface area contributed by atoms with Crippen LogP contribution in [0.25, 0.3) is 22.2 Å². The van der Waals surface area contributed by atoms with Gasteiger partial charge in [-0.25, -0.2) is 9.97 Å². The summed E-state index contributed by atoms with van der Waals surface area (Å²) in [6, 6.07) is 9.97. The normalized spacial score (nSPS) is 26.4. The number of aliphatic hydroxyl groups is 1. The van der Waals surface area contributed by atoms with Gasteiger partial charge in [0.15, 0.2) is 17.4 Å². The molecule has 8 nitrogen and oxygen atoms in total. The van der Waals surface area contributed by atoms with Crippen LogP contribution in [0.5, 0.6) is 0 Å². The molecule has 1 saturated heterocycles. The minimum Gasteiger partial charge on any atom is -0.396 e. The number of carbonyl (C=O) groups is 1. The fourth-order valence-corrected chi connectivity index (χ4v) is 4.95. The first-order valence-corrected chi connectivity index (χ1v) is 11.0. The highest BCUT2D eigenvalue weighted by Gasteiger charge is 2.54. The van der Waals surface area contributed by atoms with Crippen LogP contribution in [0.3, 0.4) is 0 Å². The SMILES string of the molecule is CC(=O)c1nc(C)c(-c2cc3ccccc3[nH]2)c(NC2CC(CO)C3OC(C)(C)OC23)n1. The Kier molecular flexibility index (Phi) is 5.03. The van der Waals surface area contributed by atoms with Gasteiger partial charge in [-0.3, -0.25) is 4.79 Å². The van der Waals surface area contributed by atoms with Gasteiger partial charge in [0.05, 0.1) is 29.1 Å². The number of nitrogens with one attached hydrogen (secondary N) is 2. The molecule has 0 spiro atoms. The van der Waals surface area contributed by atoms with Gasteiger partial charge in [0, 0.05) is 30.4 Å². The van der Waals surface area contributed by atoms with Gasteiger partial charge in [-0.05, 0) is 39.3 Å². The molecule has 168 valence electrons. The largest absolute Gasteiger partial charge is 0.396 e. The zero-order valence-corrected chi connectivity index (χ0v) is 18.7. The summed E-state index contributed by atoms with van der Waals surface area (Å²) in [7, 11) is 0. The van der Waals surface area contributed by atoms with Crippen molar-refractivity contribution in [3.63, 3.8) is 0 Å². The number of carbonyl (C=O) groups excluding carboxylic acids is 1. The van der Waals surface area contributed by atoms with Crippen LogP contribution < -0.4 is 5.32 Å². The molecule has 0 radical (unpaired) electrons. The molecule has 1 aliphatic carbocycles. The number of rotatable bonds is 5. The molecule has 1 aromatic carbocycles. The number of anilines is 1. The molecule has 2 fully saturated rings. The number of aliphatic hydroxyl groups excluding tert-OH is 1. The van der Waals surface area contributed by atoms with Crippen LogP contribution in [0, 0.1) is 12.8 Å². The van der Waals surface area contributed by atoms with Crippen LogP contribution in [0.1, 0.15) is 43.5 Å². The lowest BCUT2D eigenvalue weighted by Gasteiger charge is -2.25. The maximum atomic E-state index is 12.1. The summed E-state index contributed by atoms with van der Waals surface area (Å²) < 4.78 is 12.2. The van der Waals surface area contributed by atoms with Crippen molar-refractivity contribution in [2.75, 3.05) is 11.9 Å². The maximum Gasteiger partial charge on any atom is 0.197 e. The number of para-hydroxylation sites is 1. The summed E-state index contributed by atoms with van der Waals surface area (Å²) in [4.78, 5) is 24.6. The summed E-state index contributed by atoms with van der Waals surface area (Å²) in [5, 5.41) is 14.5. The van der Waals surface area contributed by atoms with Gasteiger partial charge in [-0.2, -0.15) is 0 Å². The van der Waals surface area contributed by atoms with E-state index in [0.717, 1.165) is 22.2 Å². The number of hydrogen-bond acceptors (Lipinski definition) is 7. The van der Waals surface area contributed by atoms with E-state index < -0.39 is 5.79 Å². The topological polar surface area (TPSA) is 109 Å². The highest BCUT2D eigenvalue weighted by atomic mass is 16.8. The Balaban J connectivity index is 1.57. The minimum atomic E-state index is -0.713. The molecular formula is C24H28N4O4. The first-order valence-electron chi connectivity index (χ1n) is 11.0. The second-order valence-corrected chi connectivity index (χ2v) is 9.18. The van der Waals surface area contributed by atoms with Crippen molar-refractivity contribution in [2.45, 2.75) is 58.2 Å². The standard InChI is InChI=1S/C24H28N4O4/c1-12-19(17-9-14-7-5-6-8-16(14)26-17)23(28-22(25-12)13(2)30)27-18-10-15(11-29)20-21(18)32-24(3,4)31-20/h5-9,15,18,20-21,26,29H,10-11H2,1-4H3,(H,25,27,28). The van der Waals surface area contributed by atoms with E-state index in [-0.39, 0.29) is 42.4 Å². The van der Waals surface area contributed by atoms with Crippen LogP contribution >= 0.6 is 0 Å². The van der Waals surface area contributed by atoms with Gasteiger partial charge >= 0.3 is 0 Å². The number of H-pyrrole nitrogens is 1. The summed E-state index contributed by atoms with van der Waals surface area (Å²) in [5.41, 5.74) is 3.40. The Bertz CT molecular complexity index is 1150. The number of nitrogens with zero attached hydrogens (tertiary/aromatic N) is 2. The first-order chi connectivity index (χ1) is 15.3. The number of ether oxygens (including phenoxy) is 2. The van der Waals surface area contributed by atoms with E-state index in [0.29, 0.717) is 17.9 Å². The van der Waals surface area contributed by atoms with Gasteiger partial charge < -0.3 is 24.9 Å². The van der Waals surface area contributed by atoms with Crippen molar-refractivity contribution in [2.24, 2.45) is 5.92 Å². The highest BCUT2D eigenvalue weighted by Crippen LogP contribution is 2.43. The van der Waals surface area contributed by atoms with E-state index in [2.05, 4.69) is 26.3 Å². The van der Waals surface area contributed by atoms with E-state index in [4.69, 9.17) is 9.47 Å². The number of aryl methyl sites for hydroxylation is 1. The zero-order chi connectivity index (χ0) is 22.6. The van der Waals surface area contributed by atoms with Crippen molar-refractivity contribution < 1.29 is 19.4 Å². The van der Waals surface area contributed by atoms with Crippen LogP contribution in [0.2, 0.25) is 0 Å². The van der Waals surface area contributed by atoms with Crippen LogP contribution in [0.4, 0.5) is 5.82 Å². The highest BCUT2D eigenvalue weighted by molar-refractivity contribution is 5.93. The molecule has 5 rings (SSSR count). The van der Waals surface area contributed by atoms with Crippen LogP contribution in [-0.2, 0) is 9.47 Å². The van der Waals surface area contributed by atoms with E-state index in [1.807, 2.05) is 45.0 Å². The molecule has 3 N–H and O–H groups in total. The Morgan fingerprint density at radius 3 is 2.72 bits per heavy atom. The Hall–Kier alpha value is -2.81. The Labute approximate surface area is 186 Å². The fourth-order valence-electron chi connectivity index (χ4n) is 4.95. The van der Waals surface area contributed by atoms with Gasteiger partial charge in [0.2, 0.25) is 0 Å². The fraction of sp³-hybridized carbons (Fsp3) is 0.458. The van der Waals surface area contributed by atoms with Crippen molar-refractivity contribution in [3.8, 4) is 11.3 Å². The smallest absolute Gasteiger partial charge is 0.197 e. The molecule has 8 heteroatoms. The monoisotopic (exact) mass is 436 g/mol. The second-order valence-electron chi connectivity index (χ2n) is 9.18. The second kappa shape index (κ2) is 7.65. The molecule has 2 aliphatic rings. The molecule has 1 aliphatic heterocycles. The lowest BCUT2D eigenvalue weighted by Crippen LogP contribution is -2.35. The Morgan fingerprint density at radius 1 is 1.25 bits per heavy atom. The van der Waals surface area contributed by atoms with Gasteiger partial charge in [0.25, 0.3) is 0 Å². The molecule has 1 saturated carbocycles. The minimum absolute atomic E-state index is 0.0230. The summed E-state index contributed by atoms with van der Waals surface area (Å²) in [5.74, 6) is -0.202. The molecule has 4 atom stereocenters. The average Bonchev–Trinajstić information content (AvgIpc) is 3.38. The number of aromatic nitrogens is 3. The van der Waals surface area contributed by atoms with E-state index in [1.165, 1.54) is 6.92 Å². The first kappa shape index (κ1) is 21.1. The molecular weight excluding hydrogens is 408 g/mol. The third-order valence-electron chi connectivity index (χ3n) is 6.34. The van der Waals surface area contributed by atoms with Crippen molar-refractivity contribution >= 4 is 22.5 Å². The number of aromatic amines is 1. The number of benzene rings is 1. The molecule has 2 aromatic heterocycles. The van der Waals surface area contributed by atoms with Gasteiger partial charge in [-0.1, -0.05) is 18.2 Å². The lowest BCUT2D eigenvalue weighted by molar-refractivity contribution is -0.158. The number of hydrogen-bond donors (Lipinski definition) is 3. The van der Waals surface area contributed by atoms with E-state index >= 15 is 0 Å². The van der Waals surface area contributed by atoms with Crippen molar-refractivity contribution in [1.82, 2.24) is 15.0 Å². The molecule has 0 amide bonds. The number of fused-ring (bicyclic) bond motifs is 2. The maximum absolute atomic E-state index is 12.1. The number of ketones is 1. The molecule has 3 heterocycles. The molecule has 32 heavy (non-hydrogen) atoms. The summed E-state index contributed by atoms with van der Waals surface area (Å²) >= 11 is 0. The van der Waals surface area contributed by atoms with Crippen molar-refractivity contribution in [3.05, 3.63) is 41.9 Å². The quantitative estimate of drug-likeness (QED) is 0.526. The summed E-state index contributed by atoms with van der Waals surface area (Å²) in [6.07, 6.45) is 0.250. The zero-order valence-electron chi connectivity index (χ0n) is 18.7. The molecule has 0 bridgehead atoms. The van der Waals surface area contributed by atoms with Crippen LogP contribution in [0.15, 0.2) is 30.3 Å². The molecule has 4 unspecified atom stereocenters. The Morgan fingerprint density at radius 2 is 2.00 bits per heavy atom. The van der Waals surface area contributed by atoms with Crippen molar-refractivity contribution in [1.29, 1.82) is 0 Å².